The first-order valence-corrected chi connectivity index (χ1v) is 9.69. The minimum atomic E-state index is -0.375. The molecule has 7 nitrogen and oxygen atoms in total. The van der Waals surface area contributed by atoms with Crippen molar-refractivity contribution in [3.8, 4) is 11.3 Å². The Morgan fingerprint density at radius 3 is 2.54 bits per heavy atom. The first kappa shape index (κ1) is 18.2. The van der Waals surface area contributed by atoms with Crippen molar-refractivity contribution in [1.82, 2.24) is 15.0 Å². The Morgan fingerprint density at radius 2 is 1.88 bits per heavy atom. The summed E-state index contributed by atoms with van der Waals surface area (Å²) in [6.45, 7) is 1.92. The third kappa shape index (κ3) is 4.50. The topological polar surface area (TPSA) is 120 Å². The van der Waals surface area contributed by atoms with Gasteiger partial charge in [-0.25, -0.2) is 15.0 Å². The normalized spacial score (nSPS) is 11.9. The summed E-state index contributed by atoms with van der Waals surface area (Å²) < 4.78 is 0. The molecule has 0 spiro atoms. The molecular formula is C17H18N6OS2. The highest BCUT2D eigenvalue weighted by Crippen LogP contribution is 2.28. The average Bonchev–Trinajstić information content (AvgIpc) is 3.08. The fourth-order valence-electron chi connectivity index (χ4n) is 2.22. The molecule has 134 valence electrons. The molecule has 1 unspecified atom stereocenters. The zero-order valence-corrected chi connectivity index (χ0v) is 15.7. The highest BCUT2D eigenvalue weighted by molar-refractivity contribution is 8.00. The number of hydrogen-bond acceptors (Lipinski definition) is 8. The first-order valence-electron chi connectivity index (χ1n) is 7.93. The van der Waals surface area contributed by atoms with Crippen molar-refractivity contribution < 1.29 is 4.79 Å². The van der Waals surface area contributed by atoms with Gasteiger partial charge in [0.05, 0.1) is 10.9 Å². The van der Waals surface area contributed by atoms with Gasteiger partial charge in [-0.3, -0.25) is 4.79 Å². The SMILES string of the molecule is CCC(Sc1nc(N)cc(N)n1)C(=O)Nc1nc(-c2ccccc2)cs1. The number of aromatic nitrogens is 3. The number of thiazole rings is 1. The summed E-state index contributed by atoms with van der Waals surface area (Å²) in [6, 6.07) is 11.3. The molecule has 0 aliphatic rings. The van der Waals surface area contributed by atoms with Crippen LogP contribution < -0.4 is 16.8 Å². The summed E-state index contributed by atoms with van der Waals surface area (Å²) in [6.07, 6.45) is 0.603. The second kappa shape index (κ2) is 8.15. The first-order chi connectivity index (χ1) is 12.5. The summed E-state index contributed by atoms with van der Waals surface area (Å²) in [5.74, 6) is 0.404. The molecule has 3 rings (SSSR count). The van der Waals surface area contributed by atoms with Crippen molar-refractivity contribution in [2.75, 3.05) is 16.8 Å². The van der Waals surface area contributed by atoms with Crippen LogP contribution in [0.2, 0.25) is 0 Å². The van der Waals surface area contributed by atoms with Crippen LogP contribution in [-0.4, -0.2) is 26.1 Å². The maximum Gasteiger partial charge on any atom is 0.239 e. The number of nitrogens with one attached hydrogen (secondary N) is 1. The molecular weight excluding hydrogens is 368 g/mol. The molecule has 5 N–H and O–H groups in total. The molecule has 3 aromatic rings. The van der Waals surface area contributed by atoms with Crippen LogP contribution in [0.3, 0.4) is 0 Å². The summed E-state index contributed by atoms with van der Waals surface area (Å²) >= 11 is 2.62. The Morgan fingerprint density at radius 1 is 1.19 bits per heavy atom. The molecule has 0 saturated heterocycles. The van der Waals surface area contributed by atoms with Gasteiger partial charge in [-0.1, -0.05) is 49.0 Å². The Balaban J connectivity index is 1.69. The van der Waals surface area contributed by atoms with E-state index < -0.39 is 0 Å². The lowest BCUT2D eigenvalue weighted by atomic mass is 10.2. The quantitative estimate of drug-likeness (QED) is 0.439. The number of anilines is 3. The molecule has 1 amide bonds. The largest absolute Gasteiger partial charge is 0.383 e. The highest BCUT2D eigenvalue weighted by Gasteiger charge is 2.21. The van der Waals surface area contributed by atoms with Gasteiger partial charge in [0.15, 0.2) is 10.3 Å². The number of nitrogens with two attached hydrogens (primary N) is 2. The maximum absolute atomic E-state index is 12.6. The van der Waals surface area contributed by atoms with Gasteiger partial charge >= 0.3 is 0 Å². The van der Waals surface area contributed by atoms with E-state index in [1.54, 1.807) is 0 Å². The predicted molar refractivity (Wildman–Crippen MR) is 107 cm³/mol. The van der Waals surface area contributed by atoms with Gasteiger partial charge in [-0.15, -0.1) is 11.3 Å². The summed E-state index contributed by atoms with van der Waals surface area (Å²) in [7, 11) is 0. The van der Waals surface area contributed by atoms with Gasteiger partial charge in [-0.05, 0) is 6.42 Å². The van der Waals surface area contributed by atoms with E-state index in [0.29, 0.717) is 16.7 Å². The van der Waals surface area contributed by atoms with Crippen LogP contribution in [-0.2, 0) is 4.79 Å². The second-order valence-corrected chi connectivity index (χ2v) is 7.44. The summed E-state index contributed by atoms with van der Waals surface area (Å²) in [5, 5.41) is 5.34. The molecule has 0 aliphatic heterocycles. The molecule has 0 aliphatic carbocycles. The Hall–Kier alpha value is -2.65. The molecule has 26 heavy (non-hydrogen) atoms. The highest BCUT2D eigenvalue weighted by atomic mass is 32.2. The van der Waals surface area contributed by atoms with E-state index in [4.69, 9.17) is 11.5 Å². The Labute approximate surface area is 159 Å². The smallest absolute Gasteiger partial charge is 0.239 e. The molecule has 1 atom stereocenters. The second-order valence-electron chi connectivity index (χ2n) is 5.41. The molecule has 0 bridgehead atoms. The Kier molecular flexibility index (Phi) is 5.69. The number of carbonyl (C=O) groups is 1. The van der Waals surface area contributed by atoms with Crippen LogP contribution in [0.5, 0.6) is 0 Å². The number of rotatable bonds is 6. The van der Waals surface area contributed by atoms with Crippen LogP contribution in [0.1, 0.15) is 13.3 Å². The van der Waals surface area contributed by atoms with Crippen molar-refractivity contribution in [1.29, 1.82) is 0 Å². The fourth-order valence-corrected chi connectivity index (χ4v) is 3.85. The third-order valence-corrected chi connectivity index (χ3v) is 5.44. The van der Waals surface area contributed by atoms with Crippen LogP contribution in [0.15, 0.2) is 46.9 Å². The Bertz CT molecular complexity index is 879. The van der Waals surface area contributed by atoms with E-state index in [1.807, 2.05) is 42.6 Å². The van der Waals surface area contributed by atoms with Gasteiger partial charge in [0.2, 0.25) is 5.91 Å². The number of nitrogens with zero attached hydrogens (tertiary/aromatic N) is 3. The van der Waals surface area contributed by atoms with Crippen molar-refractivity contribution in [2.45, 2.75) is 23.8 Å². The number of hydrogen-bond donors (Lipinski definition) is 3. The van der Waals surface area contributed by atoms with E-state index in [9.17, 15) is 4.79 Å². The molecule has 2 heterocycles. The molecule has 0 radical (unpaired) electrons. The van der Waals surface area contributed by atoms with Crippen LogP contribution in [0, 0.1) is 0 Å². The third-order valence-electron chi connectivity index (χ3n) is 3.46. The molecule has 1 aromatic carbocycles. The number of nitrogen functional groups attached to an aromatic ring is 2. The number of thioether (sulfide) groups is 1. The predicted octanol–water partition coefficient (Wildman–Crippen LogP) is 3.27. The van der Waals surface area contributed by atoms with Crippen LogP contribution in [0.4, 0.5) is 16.8 Å². The van der Waals surface area contributed by atoms with E-state index in [1.165, 1.54) is 29.2 Å². The van der Waals surface area contributed by atoms with Crippen molar-refractivity contribution >= 4 is 45.8 Å². The summed E-state index contributed by atoms with van der Waals surface area (Å²) in [5.41, 5.74) is 13.2. The zero-order chi connectivity index (χ0) is 18.5. The van der Waals surface area contributed by atoms with Gasteiger partial charge in [0.1, 0.15) is 11.6 Å². The lowest BCUT2D eigenvalue weighted by molar-refractivity contribution is -0.115. The molecule has 0 fully saturated rings. The van der Waals surface area contributed by atoms with E-state index >= 15 is 0 Å². The van der Waals surface area contributed by atoms with Crippen molar-refractivity contribution in [2.24, 2.45) is 0 Å². The number of carbonyl (C=O) groups excluding carboxylic acids is 1. The molecule has 9 heteroatoms. The van der Waals surface area contributed by atoms with Crippen molar-refractivity contribution in [3.63, 3.8) is 0 Å². The van der Waals surface area contributed by atoms with E-state index in [-0.39, 0.29) is 22.8 Å². The van der Waals surface area contributed by atoms with Gasteiger partial charge < -0.3 is 16.8 Å². The number of amides is 1. The maximum atomic E-state index is 12.6. The lowest BCUT2D eigenvalue weighted by Crippen LogP contribution is -2.24. The minimum Gasteiger partial charge on any atom is -0.383 e. The van der Waals surface area contributed by atoms with Crippen molar-refractivity contribution in [3.05, 3.63) is 41.8 Å². The number of benzene rings is 1. The monoisotopic (exact) mass is 386 g/mol. The zero-order valence-electron chi connectivity index (χ0n) is 14.0. The van der Waals surface area contributed by atoms with E-state index in [0.717, 1.165) is 11.3 Å². The van der Waals surface area contributed by atoms with Crippen LogP contribution in [0.25, 0.3) is 11.3 Å². The fraction of sp³-hybridized carbons (Fsp3) is 0.176. The molecule has 0 saturated carbocycles. The molecule has 2 aromatic heterocycles. The average molecular weight is 387 g/mol. The van der Waals surface area contributed by atoms with Crippen LogP contribution >= 0.6 is 23.1 Å². The standard InChI is InChI=1S/C17H18N6OS2/c1-2-12(26-17-21-13(18)8-14(19)22-17)15(24)23-16-20-11(9-25-16)10-6-4-3-5-7-10/h3-9,12H,2H2,1H3,(H,20,23,24)(H4,18,19,21,22). The minimum absolute atomic E-state index is 0.156. The van der Waals surface area contributed by atoms with Gasteiger partial charge in [0.25, 0.3) is 0 Å². The summed E-state index contributed by atoms with van der Waals surface area (Å²) in [4.78, 5) is 25.3. The lowest BCUT2D eigenvalue weighted by Gasteiger charge is -2.12. The van der Waals surface area contributed by atoms with Gasteiger partial charge in [-0.2, -0.15) is 0 Å². The van der Waals surface area contributed by atoms with Gasteiger partial charge in [0, 0.05) is 17.0 Å². The van der Waals surface area contributed by atoms with E-state index in [2.05, 4.69) is 20.3 Å².